The molecule has 0 aromatic heterocycles. The van der Waals surface area contributed by atoms with Crippen LogP contribution in [0.2, 0.25) is 0 Å². The van der Waals surface area contributed by atoms with Crippen LogP contribution in [0.4, 0.5) is 4.79 Å². The topological polar surface area (TPSA) is 96.4 Å². The Morgan fingerprint density at radius 1 is 0.969 bits per heavy atom. The standard InChI is InChI=1S/C23H30N2O6S/c1-16-12-17(2)14-19(13-16)30-20-7-6-18(26)15-21(20)32(28,29)25-10-8-24(9-11-25)22(27)31-23(3,4)5/h6-7,12-15,26H,8-11H2,1-5H3. The molecule has 1 N–H and O–H groups in total. The van der Waals surface area contributed by atoms with Gasteiger partial charge in [0.2, 0.25) is 10.0 Å². The fourth-order valence-electron chi connectivity index (χ4n) is 3.48. The van der Waals surface area contributed by atoms with Crippen LogP contribution in [-0.4, -0.2) is 60.6 Å². The number of carbonyl (C=O) groups is 1. The molecule has 1 aliphatic heterocycles. The Morgan fingerprint density at radius 3 is 2.12 bits per heavy atom. The molecule has 0 saturated carbocycles. The second-order valence-corrected chi connectivity index (χ2v) is 10.8. The van der Waals surface area contributed by atoms with E-state index in [4.69, 9.17) is 9.47 Å². The third-order valence-electron chi connectivity index (χ3n) is 4.86. The number of piperazine rings is 1. The number of rotatable bonds is 4. The molecule has 0 atom stereocenters. The van der Waals surface area contributed by atoms with Crippen molar-refractivity contribution in [3.8, 4) is 17.2 Å². The minimum Gasteiger partial charge on any atom is -0.508 e. The van der Waals surface area contributed by atoms with Crippen LogP contribution in [-0.2, 0) is 14.8 Å². The number of phenols is 1. The highest BCUT2D eigenvalue weighted by Gasteiger charge is 2.34. The van der Waals surface area contributed by atoms with Gasteiger partial charge in [0.1, 0.15) is 27.7 Å². The van der Waals surface area contributed by atoms with Gasteiger partial charge < -0.3 is 19.5 Å². The number of carbonyl (C=O) groups excluding carboxylic acids is 1. The quantitative estimate of drug-likeness (QED) is 0.737. The van der Waals surface area contributed by atoms with Gasteiger partial charge in [0, 0.05) is 32.2 Å². The number of hydrogen-bond acceptors (Lipinski definition) is 6. The van der Waals surface area contributed by atoms with Crippen molar-refractivity contribution in [3.63, 3.8) is 0 Å². The summed E-state index contributed by atoms with van der Waals surface area (Å²) in [4.78, 5) is 13.6. The highest BCUT2D eigenvalue weighted by atomic mass is 32.2. The van der Waals surface area contributed by atoms with Gasteiger partial charge in [-0.15, -0.1) is 0 Å². The van der Waals surface area contributed by atoms with E-state index in [1.807, 2.05) is 32.0 Å². The van der Waals surface area contributed by atoms with Gasteiger partial charge in [0.05, 0.1) is 0 Å². The molecule has 32 heavy (non-hydrogen) atoms. The number of nitrogens with zero attached hydrogens (tertiary/aromatic N) is 2. The third-order valence-corrected chi connectivity index (χ3v) is 6.78. The van der Waals surface area contributed by atoms with Crippen LogP contribution in [0, 0.1) is 13.8 Å². The van der Waals surface area contributed by atoms with E-state index in [0.29, 0.717) is 5.75 Å². The maximum absolute atomic E-state index is 13.4. The van der Waals surface area contributed by atoms with Gasteiger partial charge >= 0.3 is 6.09 Å². The highest BCUT2D eigenvalue weighted by Crippen LogP contribution is 2.34. The molecule has 3 rings (SSSR count). The molecular weight excluding hydrogens is 432 g/mol. The summed E-state index contributed by atoms with van der Waals surface area (Å²) in [6.45, 7) is 9.85. The molecular formula is C23H30N2O6S. The van der Waals surface area contributed by atoms with Crippen molar-refractivity contribution in [2.75, 3.05) is 26.2 Å². The van der Waals surface area contributed by atoms with Gasteiger partial charge in [0.25, 0.3) is 0 Å². The largest absolute Gasteiger partial charge is 0.508 e. The molecule has 1 amide bonds. The Hall–Kier alpha value is -2.78. The van der Waals surface area contributed by atoms with Crippen LogP contribution in [0.5, 0.6) is 17.2 Å². The second kappa shape index (κ2) is 8.99. The van der Waals surface area contributed by atoms with Crippen molar-refractivity contribution in [2.24, 2.45) is 0 Å². The van der Waals surface area contributed by atoms with Gasteiger partial charge in [-0.3, -0.25) is 0 Å². The number of ether oxygens (including phenoxy) is 2. The number of aryl methyl sites for hydroxylation is 2. The van der Waals surface area contributed by atoms with Crippen molar-refractivity contribution in [2.45, 2.75) is 45.1 Å². The van der Waals surface area contributed by atoms with Gasteiger partial charge in [-0.2, -0.15) is 4.31 Å². The number of amides is 1. The summed E-state index contributed by atoms with van der Waals surface area (Å²) in [5.41, 5.74) is 1.35. The number of hydrogen-bond donors (Lipinski definition) is 1. The highest BCUT2D eigenvalue weighted by molar-refractivity contribution is 7.89. The summed E-state index contributed by atoms with van der Waals surface area (Å²) >= 11 is 0. The van der Waals surface area contributed by atoms with Gasteiger partial charge in [-0.25, -0.2) is 13.2 Å². The van der Waals surface area contributed by atoms with Crippen LogP contribution in [0.25, 0.3) is 0 Å². The lowest BCUT2D eigenvalue weighted by molar-refractivity contribution is 0.0192. The molecule has 1 aliphatic rings. The Kier molecular flexibility index (Phi) is 6.71. The molecule has 2 aromatic carbocycles. The maximum atomic E-state index is 13.4. The molecule has 174 valence electrons. The summed E-state index contributed by atoms with van der Waals surface area (Å²) in [5.74, 6) is 0.463. The second-order valence-electron chi connectivity index (χ2n) is 8.93. The molecule has 0 aliphatic carbocycles. The predicted octanol–water partition coefficient (Wildman–Crippen LogP) is 4.04. The third kappa shape index (κ3) is 5.72. The van der Waals surface area contributed by atoms with Gasteiger partial charge in [0.15, 0.2) is 0 Å². The van der Waals surface area contributed by atoms with Crippen molar-refractivity contribution < 1.29 is 27.8 Å². The summed E-state index contributed by atoms with van der Waals surface area (Å²) in [7, 11) is -3.97. The fraction of sp³-hybridized carbons (Fsp3) is 0.435. The Balaban J connectivity index is 1.81. The minimum absolute atomic E-state index is 0.111. The van der Waals surface area contributed by atoms with E-state index in [-0.39, 0.29) is 42.6 Å². The van der Waals surface area contributed by atoms with Crippen LogP contribution in [0.3, 0.4) is 0 Å². The zero-order chi connectivity index (χ0) is 23.7. The lowest BCUT2D eigenvalue weighted by Gasteiger charge is -2.35. The van der Waals surface area contributed by atoms with Crippen molar-refractivity contribution in [3.05, 3.63) is 47.5 Å². The van der Waals surface area contributed by atoms with Crippen LogP contribution in [0.1, 0.15) is 31.9 Å². The average molecular weight is 463 g/mol. The Morgan fingerprint density at radius 2 is 1.56 bits per heavy atom. The van der Waals surface area contributed by atoms with E-state index < -0.39 is 21.7 Å². The molecule has 2 aromatic rings. The Bertz CT molecular complexity index is 1080. The lowest BCUT2D eigenvalue weighted by atomic mass is 10.1. The summed E-state index contributed by atoms with van der Waals surface area (Å²) in [5, 5.41) is 9.97. The average Bonchev–Trinajstić information content (AvgIpc) is 2.67. The van der Waals surface area contributed by atoms with Crippen LogP contribution < -0.4 is 4.74 Å². The molecule has 9 heteroatoms. The van der Waals surface area contributed by atoms with E-state index in [1.165, 1.54) is 27.4 Å². The molecule has 0 spiro atoms. The molecule has 8 nitrogen and oxygen atoms in total. The van der Waals surface area contributed by atoms with Gasteiger partial charge in [-0.05, 0) is 70.0 Å². The van der Waals surface area contributed by atoms with E-state index >= 15 is 0 Å². The predicted molar refractivity (Wildman–Crippen MR) is 121 cm³/mol. The Labute approximate surface area is 189 Å². The molecule has 0 bridgehead atoms. The summed E-state index contributed by atoms with van der Waals surface area (Å²) in [6.07, 6.45) is -0.467. The van der Waals surface area contributed by atoms with Crippen LogP contribution in [0.15, 0.2) is 41.3 Å². The molecule has 1 saturated heterocycles. The van der Waals surface area contributed by atoms with E-state index in [9.17, 15) is 18.3 Å². The zero-order valence-electron chi connectivity index (χ0n) is 19.1. The van der Waals surface area contributed by atoms with Crippen molar-refractivity contribution in [1.29, 1.82) is 0 Å². The normalized spacial score (nSPS) is 15.5. The lowest BCUT2D eigenvalue weighted by Crippen LogP contribution is -2.51. The van der Waals surface area contributed by atoms with Crippen molar-refractivity contribution in [1.82, 2.24) is 9.21 Å². The summed E-state index contributed by atoms with van der Waals surface area (Å²) < 4.78 is 39.4. The monoisotopic (exact) mass is 462 g/mol. The number of aromatic hydroxyl groups is 1. The maximum Gasteiger partial charge on any atom is 0.410 e. The van der Waals surface area contributed by atoms with Crippen LogP contribution >= 0.6 is 0 Å². The molecule has 0 radical (unpaired) electrons. The fourth-order valence-corrected chi connectivity index (χ4v) is 5.03. The van der Waals surface area contributed by atoms with E-state index in [1.54, 1.807) is 20.8 Å². The first-order valence-corrected chi connectivity index (χ1v) is 11.9. The summed E-state index contributed by atoms with van der Waals surface area (Å²) in [6, 6.07) is 9.64. The first-order chi connectivity index (χ1) is 14.8. The van der Waals surface area contributed by atoms with E-state index in [0.717, 1.165) is 11.1 Å². The first kappa shape index (κ1) is 23.9. The SMILES string of the molecule is Cc1cc(C)cc(Oc2ccc(O)cc2S(=O)(=O)N2CCN(C(=O)OC(C)(C)C)CC2)c1. The number of sulfonamides is 1. The number of benzene rings is 2. The molecule has 1 heterocycles. The first-order valence-electron chi connectivity index (χ1n) is 10.4. The zero-order valence-corrected chi connectivity index (χ0v) is 19.9. The smallest absolute Gasteiger partial charge is 0.410 e. The molecule has 0 unspecified atom stereocenters. The minimum atomic E-state index is -3.97. The van der Waals surface area contributed by atoms with E-state index in [2.05, 4.69) is 0 Å². The number of phenolic OH excluding ortho intramolecular Hbond substituents is 1. The van der Waals surface area contributed by atoms with Gasteiger partial charge in [-0.1, -0.05) is 6.07 Å². The molecule has 1 fully saturated rings. The van der Waals surface area contributed by atoms with Crippen molar-refractivity contribution >= 4 is 16.1 Å².